The summed E-state index contributed by atoms with van der Waals surface area (Å²) in [6, 6.07) is 3.99. The van der Waals surface area contributed by atoms with E-state index in [2.05, 4.69) is 5.32 Å². The second kappa shape index (κ2) is 6.26. The number of aromatic carboxylic acids is 1. The molecule has 5 nitrogen and oxygen atoms in total. The smallest absolute Gasteiger partial charge is 0.337 e. The van der Waals surface area contributed by atoms with E-state index in [9.17, 15) is 9.59 Å². The lowest BCUT2D eigenvalue weighted by Gasteiger charge is -2.19. The van der Waals surface area contributed by atoms with Crippen LogP contribution < -0.4 is 5.32 Å². The Kier molecular flexibility index (Phi) is 4.97. The Balaban J connectivity index is 2.97. The van der Waals surface area contributed by atoms with Crippen molar-refractivity contribution in [1.82, 2.24) is 4.90 Å². The number of benzene rings is 1. The summed E-state index contributed by atoms with van der Waals surface area (Å²) in [5.41, 5.74) is 0.215. The molecule has 0 spiro atoms. The number of amides is 2. The molecule has 2 N–H and O–H groups in total. The summed E-state index contributed by atoms with van der Waals surface area (Å²) in [4.78, 5) is 24.4. The molecule has 0 bridgehead atoms. The number of nitrogens with zero attached hydrogens (tertiary/aromatic N) is 1. The predicted molar refractivity (Wildman–Crippen MR) is 70.4 cm³/mol. The number of hydrogen-bond donors (Lipinski definition) is 2. The second-order valence-corrected chi connectivity index (χ2v) is 4.03. The summed E-state index contributed by atoms with van der Waals surface area (Å²) in [7, 11) is 0. The van der Waals surface area contributed by atoms with Gasteiger partial charge < -0.3 is 15.3 Å². The van der Waals surface area contributed by atoms with Crippen LogP contribution in [0.2, 0.25) is 5.02 Å². The lowest BCUT2D eigenvalue weighted by molar-refractivity contribution is 0.0698. The first-order chi connectivity index (χ1) is 8.49. The van der Waals surface area contributed by atoms with Crippen molar-refractivity contribution in [3.8, 4) is 0 Å². The van der Waals surface area contributed by atoms with E-state index in [0.29, 0.717) is 18.1 Å². The minimum absolute atomic E-state index is 0.0250. The van der Waals surface area contributed by atoms with Crippen LogP contribution in [0.3, 0.4) is 0 Å². The van der Waals surface area contributed by atoms with Gasteiger partial charge in [-0.3, -0.25) is 0 Å². The normalized spacial score (nSPS) is 9.94. The van der Waals surface area contributed by atoms with Gasteiger partial charge in [-0.1, -0.05) is 11.6 Å². The van der Waals surface area contributed by atoms with E-state index < -0.39 is 5.97 Å². The van der Waals surface area contributed by atoms with Gasteiger partial charge in [0.1, 0.15) is 0 Å². The van der Waals surface area contributed by atoms with E-state index >= 15 is 0 Å². The van der Waals surface area contributed by atoms with Crippen molar-refractivity contribution < 1.29 is 14.7 Å². The molecule has 0 radical (unpaired) electrons. The topological polar surface area (TPSA) is 69.6 Å². The standard InChI is InChI=1S/C12H15ClN2O3/c1-3-15(4-2)12(18)14-10-6-5-8(13)7-9(10)11(16)17/h5-7H,3-4H2,1-2H3,(H,14,18)(H,16,17). The number of rotatable bonds is 4. The SMILES string of the molecule is CCN(CC)C(=O)Nc1ccc(Cl)cc1C(=O)O. The maximum atomic E-state index is 11.8. The van der Waals surface area contributed by atoms with Crippen molar-refractivity contribution in [2.45, 2.75) is 13.8 Å². The Bertz CT molecular complexity index is 459. The zero-order valence-electron chi connectivity index (χ0n) is 10.2. The summed E-state index contributed by atoms with van der Waals surface area (Å²) in [5, 5.41) is 11.9. The molecule has 1 aromatic carbocycles. The first kappa shape index (κ1) is 14.3. The first-order valence-corrected chi connectivity index (χ1v) is 5.96. The van der Waals surface area contributed by atoms with Crippen LogP contribution in [-0.2, 0) is 0 Å². The zero-order chi connectivity index (χ0) is 13.7. The lowest BCUT2D eigenvalue weighted by atomic mass is 10.2. The minimum atomic E-state index is -1.13. The molecule has 0 aromatic heterocycles. The fraction of sp³-hybridized carbons (Fsp3) is 0.333. The van der Waals surface area contributed by atoms with E-state index in [1.54, 1.807) is 4.90 Å². The van der Waals surface area contributed by atoms with Crippen molar-refractivity contribution >= 4 is 29.3 Å². The van der Waals surface area contributed by atoms with Gasteiger partial charge in [0.15, 0.2) is 0 Å². The molecule has 18 heavy (non-hydrogen) atoms. The monoisotopic (exact) mass is 270 g/mol. The Morgan fingerprint density at radius 3 is 2.44 bits per heavy atom. The maximum absolute atomic E-state index is 11.8. The zero-order valence-corrected chi connectivity index (χ0v) is 11.0. The van der Waals surface area contributed by atoms with Crippen LogP contribution in [0.1, 0.15) is 24.2 Å². The van der Waals surface area contributed by atoms with Gasteiger partial charge in [0.2, 0.25) is 0 Å². The molecule has 0 atom stereocenters. The van der Waals surface area contributed by atoms with Gasteiger partial charge >= 0.3 is 12.0 Å². The van der Waals surface area contributed by atoms with Crippen LogP contribution in [0.25, 0.3) is 0 Å². The van der Waals surface area contributed by atoms with E-state index in [1.807, 2.05) is 13.8 Å². The molecule has 0 saturated carbocycles. The average molecular weight is 271 g/mol. The molecule has 0 aliphatic carbocycles. The second-order valence-electron chi connectivity index (χ2n) is 3.60. The Morgan fingerprint density at radius 1 is 1.33 bits per heavy atom. The number of carboxylic acids is 1. The minimum Gasteiger partial charge on any atom is -0.478 e. The predicted octanol–water partition coefficient (Wildman–Crippen LogP) is 2.91. The number of carboxylic acid groups (broad SMARTS) is 1. The van der Waals surface area contributed by atoms with Gasteiger partial charge in [-0.2, -0.15) is 0 Å². The van der Waals surface area contributed by atoms with Crippen molar-refractivity contribution in [1.29, 1.82) is 0 Å². The summed E-state index contributed by atoms with van der Waals surface area (Å²) < 4.78 is 0. The number of carbonyl (C=O) groups excluding carboxylic acids is 1. The number of nitrogens with one attached hydrogen (secondary N) is 1. The Morgan fingerprint density at radius 2 is 1.94 bits per heavy atom. The van der Waals surface area contributed by atoms with Crippen LogP contribution in [0, 0.1) is 0 Å². The lowest BCUT2D eigenvalue weighted by Crippen LogP contribution is -2.34. The summed E-state index contributed by atoms with van der Waals surface area (Å²) >= 11 is 5.73. The molecule has 0 fully saturated rings. The fourth-order valence-electron chi connectivity index (χ4n) is 1.51. The molecular formula is C12H15ClN2O3. The third kappa shape index (κ3) is 3.37. The molecule has 0 aliphatic heterocycles. The molecule has 1 rings (SSSR count). The highest BCUT2D eigenvalue weighted by molar-refractivity contribution is 6.31. The van der Waals surface area contributed by atoms with Crippen LogP contribution in [-0.4, -0.2) is 35.1 Å². The molecule has 2 amide bonds. The molecule has 0 aliphatic rings. The van der Waals surface area contributed by atoms with Crippen molar-refractivity contribution in [3.63, 3.8) is 0 Å². The highest BCUT2D eigenvalue weighted by atomic mass is 35.5. The quantitative estimate of drug-likeness (QED) is 0.884. The van der Waals surface area contributed by atoms with E-state index in [4.69, 9.17) is 16.7 Å². The highest BCUT2D eigenvalue weighted by Crippen LogP contribution is 2.21. The van der Waals surface area contributed by atoms with E-state index in [0.717, 1.165) is 0 Å². The number of halogens is 1. The van der Waals surface area contributed by atoms with Crippen LogP contribution >= 0.6 is 11.6 Å². The van der Waals surface area contributed by atoms with Crippen molar-refractivity contribution in [3.05, 3.63) is 28.8 Å². The third-order valence-corrected chi connectivity index (χ3v) is 2.74. The number of carbonyl (C=O) groups is 2. The van der Waals surface area contributed by atoms with Gasteiger partial charge in [-0.15, -0.1) is 0 Å². The van der Waals surface area contributed by atoms with Gasteiger partial charge in [0.25, 0.3) is 0 Å². The Labute approximate surface area is 110 Å². The first-order valence-electron chi connectivity index (χ1n) is 5.58. The van der Waals surface area contributed by atoms with Gasteiger partial charge in [-0.25, -0.2) is 9.59 Å². The molecule has 0 heterocycles. The molecule has 1 aromatic rings. The molecule has 0 unspecified atom stereocenters. The summed E-state index contributed by atoms with van der Waals surface area (Å²) in [6.07, 6.45) is 0. The van der Waals surface area contributed by atoms with E-state index in [-0.39, 0.29) is 17.3 Å². The summed E-state index contributed by atoms with van der Waals surface area (Å²) in [6.45, 7) is 4.81. The van der Waals surface area contributed by atoms with Crippen molar-refractivity contribution in [2.75, 3.05) is 18.4 Å². The third-order valence-electron chi connectivity index (χ3n) is 2.50. The van der Waals surface area contributed by atoms with Crippen LogP contribution in [0.15, 0.2) is 18.2 Å². The number of urea groups is 1. The average Bonchev–Trinajstić information content (AvgIpc) is 2.32. The molecular weight excluding hydrogens is 256 g/mol. The van der Waals surface area contributed by atoms with Crippen molar-refractivity contribution in [2.24, 2.45) is 0 Å². The molecule has 6 heteroatoms. The van der Waals surface area contributed by atoms with Crippen LogP contribution in [0.4, 0.5) is 10.5 Å². The molecule has 0 saturated heterocycles. The van der Waals surface area contributed by atoms with Gasteiger partial charge in [-0.05, 0) is 32.0 Å². The number of anilines is 1. The molecule has 98 valence electrons. The van der Waals surface area contributed by atoms with Gasteiger partial charge in [0, 0.05) is 18.1 Å². The Hall–Kier alpha value is -1.75. The maximum Gasteiger partial charge on any atom is 0.337 e. The number of hydrogen-bond acceptors (Lipinski definition) is 2. The summed E-state index contributed by atoms with van der Waals surface area (Å²) in [5.74, 6) is -1.13. The van der Waals surface area contributed by atoms with Crippen LogP contribution in [0.5, 0.6) is 0 Å². The highest BCUT2D eigenvalue weighted by Gasteiger charge is 2.15. The van der Waals surface area contributed by atoms with Gasteiger partial charge in [0.05, 0.1) is 11.3 Å². The largest absolute Gasteiger partial charge is 0.478 e. The fourth-order valence-corrected chi connectivity index (χ4v) is 1.68. The van der Waals surface area contributed by atoms with E-state index in [1.165, 1.54) is 18.2 Å².